The maximum absolute atomic E-state index is 4.14. The van der Waals surface area contributed by atoms with Gasteiger partial charge in [0.1, 0.15) is 5.52 Å². The first kappa shape index (κ1) is 12.8. The smallest absolute Gasteiger partial charge is 0.113 e. The molecule has 0 fully saturated rings. The van der Waals surface area contributed by atoms with Crippen LogP contribution in [0, 0.1) is 0 Å². The predicted molar refractivity (Wildman–Crippen MR) is 84.9 cm³/mol. The highest BCUT2D eigenvalue weighted by molar-refractivity contribution is 5.75. The zero-order valence-corrected chi connectivity index (χ0v) is 12.2. The van der Waals surface area contributed by atoms with Crippen LogP contribution >= 0.6 is 0 Å². The molecule has 0 amide bonds. The summed E-state index contributed by atoms with van der Waals surface area (Å²) in [7, 11) is 1.92. The van der Waals surface area contributed by atoms with Crippen LogP contribution < -0.4 is 0 Å². The Morgan fingerprint density at radius 2 is 2.00 bits per heavy atom. The average molecular weight is 289 g/mol. The lowest BCUT2D eigenvalue weighted by Crippen LogP contribution is -1.98. The summed E-state index contributed by atoms with van der Waals surface area (Å²) in [6, 6.07) is 14.7. The Bertz CT molecular complexity index is 921. The second kappa shape index (κ2) is 5.11. The van der Waals surface area contributed by atoms with E-state index in [1.165, 1.54) is 11.1 Å². The van der Waals surface area contributed by atoms with E-state index in [1.54, 1.807) is 10.9 Å². The fraction of sp³-hybridized carbons (Fsp3) is 0.118. The Balaban J connectivity index is 1.75. The van der Waals surface area contributed by atoms with E-state index >= 15 is 0 Å². The number of fused-ring (bicyclic) bond motifs is 1. The van der Waals surface area contributed by atoms with Crippen LogP contribution in [0.5, 0.6) is 0 Å². The van der Waals surface area contributed by atoms with E-state index in [0.29, 0.717) is 0 Å². The van der Waals surface area contributed by atoms with Gasteiger partial charge in [0.2, 0.25) is 0 Å². The molecule has 0 aliphatic carbocycles. The topological polar surface area (TPSA) is 48.5 Å². The van der Waals surface area contributed by atoms with Gasteiger partial charge in [-0.05, 0) is 35.7 Å². The van der Waals surface area contributed by atoms with E-state index < -0.39 is 0 Å². The van der Waals surface area contributed by atoms with Gasteiger partial charge in [0.25, 0.3) is 0 Å². The highest BCUT2D eigenvalue weighted by Gasteiger charge is 2.07. The second-order valence-electron chi connectivity index (χ2n) is 5.31. The Morgan fingerprint density at radius 3 is 2.86 bits per heavy atom. The van der Waals surface area contributed by atoms with Gasteiger partial charge in [-0.1, -0.05) is 29.5 Å². The monoisotopic (exact) mass is 289 g/mol. The fourth-order valence-electron chi connectivity index (χ4n) is 2.72. The molecule has 0 N–H and O–H groups in total. The van der Waals surface area contributed by atoms with Crippen LogP contribution in [0.15, 0.2) is 61.2 Å². The van der Waals surface area contributed by atoms with Crippen molar-refractivity contribution < 1.29 is 0 Å². The van der Waals surface area contributed by atoms with Crippen LogP contribution in [0.25, 0.3) is 16.7 Å². The van der Waals surface area contributed by atoms with Gasteiger partial charge >= 0.3 is 0 Å². The van der Waals surface area contributed by atoms with Crippen LogP contribution in [-0.2, 0) is 13.5 Å². The lowest BCUT2D eigenvalue weighted by atomic mass is 10.0. The third-order valence-electron chi connectivity index (χ3n) is 3.84. The van der Waals surface area contributed by atoms with Crippen LogP contribution in [0.2, 0.25) is 0 Å². The summed E-state index contributed by atoms with van der Waals surface area (Å²) in [6.45, 7) is 0. The number of nitrogens with zero attached hydrogens (tertiary/aromatic N) is 5. The molecule has 0 saturated heterocycles. The summed E-state index contributed by atoms with van der Waals surface area (Å²) >= 11 is 0. The molecule has 4 aromatic rings. The molecule has 0 unspecified atom stereocenters. The summed E-state index contributed by atoms with van der Waals surface area (Å²) in [4.78, 5) is 4.14. The zero-order valence-electron chi connectivity index (χ0n) is 12.2. The number of aryl methyl sites for hydroxylation is 1. The molecule has 108 valence electrons. The van der Waals surface area contributed by atoms with Gasteiger partial charge in [-0.2, -0.15) is 0 Å². The maximum Gasteiger partial charge on any atom is 0.113 e. The molecular weight excluding hydrogens is 274 g/mol. The number of hydrogen-bond acceptors (Lipinski definition) is 3. The van der Waals surface area contributed by atoms with Crippen LogP contribution in [0.4, 0.5) is 0 Å². The first-order valence-corrected chi connectivity index (χ1v) is 7.16. The number of rotatable bonds is 3. The maximum atomic E-state index is 4.14. The van der Waals surface area contributed by atoms with Crippen LogP contribution in [0.3, 0.4) is 0 Å². The van der Waals surface area contributed by atoms with E-state index in [9.17, 15) is 0 Å². The standard InChI is InChI=1S/C17H15N5/c1-21-17-11-13(6-7-15(17)19-20-21)10-14-4-2-3-5-16(14)22-9-8-18-12-22/h2-9,11-12H,10H2,1H3. The molecule has 2 aromatic carbocycles. The minimum Gasteiger partial charge on any atom is -0.306 e. The Labute approximate surface area is 127 Å². The van der Waals surface area contributed by atoms with Gasteiger partial charge in [0.05, 0.1) is 11.8 Å². The Hall–Kier alpha value is -2.95. The van der Waals surface area contributed by atoms with Crippen molar-refractivity contribution in [1.82, 2.24) is 24.5 Å². The van der Waals surface area contributed by atoms with Crippen molar-refractivity contribution in [1.29, 1.82) is 0 Å². The van der Waals surface area contributed by atoms with Gasteiger partial charge < -0.3 is 4.57 Å². The number of benzene rings is 2. The van der Waals surface area contributed by atoms with Gasteiger partial charge in [-0.15, -0.1) is 5.10 Å². The highest BCUT2D eigenvalue weighted by atomic mass is 15.4. The molecule has 2 heterocycles. The molecule has 0 aliphatic rings. The molecule has 5 heteroatoms. The van der Waals surface area contributed by atoms with Gasteiger partial charge in [-0.25, -0.2) is 9.67 Å². The average Bonchev–Trinajstić information content (AvgIpc) is 3.19. The molecule has 0 aliphatic heterocycles. The molecule has 4 rings (SSSR count). The van der Waals surface area contributed by atoms with E-state index in [4.69, 9.17) is 0 Å². The third kappa shape index (κ3) is 2.16. The summed E-state index contributed by atoms with van der Waals surface area (Å²) in [6.07, 6.45) is 6.44. The number of para-hydroxylation sites is 1. The van der Waals surface area contributed by atoms with Crippen molar-refractivity contribution >= 4 is 11.0 Å². The molecule has 0 spiro atoms. The molecule has 0 saturated carbocycles. The number of aromatic nitrogens is 5. The summed E-state index contributed by atoms with van der Waals surface area (Å²) in [5.41, 5.74) is 5.63. The fourth-order valence-corrected chi connectivity index (χ4v) is 2.72. The van der Waals surface area contributed by atoms with Crippen molar-refractivity contribution in [3.05, 3.63) is 72.3 Å². The van der Waals surface area contributed by atoms with Crippen molar-refractivity contribution in [2.75, 3.05) is 0 Å². The van der Waals surface area contributed by atoms with Crippen molar-refractivity contribution in [3.8, 4) is 5.69 Å². The normalized spacial score (nSPS) is 11.1. The molecule has 2 aromatic heterocycles. The molecule has 22 heavy (non-hydrogen) atoms. The molecule has 5 nitrogen and oxygen atoms in total. The quantitative estimate of drug-likeness (QED) is 0.582. The molecule has 0 atom stereocenters. The van der Waals surface area contributed by atoms with E-state index in [-0.39, 0.29) is 0 Å². The molecular formula is C17H15N5. The van der Waals surface area contributed by atoms with Gasteiger partial charge in [0.15, 0.2) is 0 Å². The summed E-state index contributed by atoms with van der Waals surface area (Å²) < 4.78 is 3.85. The lowest BCUT2D eigenvalue weighted by molar-refractivity contribution is 0.736. The number of hydrogen-bond donors (Lipinski definition) is 0. The minimum absolute atomic E-state index is 0.857. The minimum atomic E-state index is 0.857. The number of imidazole rings is 1. The molecule has 0 radical (unpaired) electrons. The SMILES string of the molecule is Cn1nnc2ccc(Cc3ccccc3-n3ccnc3)cc21. The van der Waals surface area contributed by atoms with Gasteiger partial charge in [0, 0.05) is 25.1 Å². The second-order valence-corrected chi connectivity index (χ2v) is 5.31. The highest BCUT2D eigenvalue weighted by Crippen LogP contribution is 2.20. The van der Waals surface area contributed by atoms with E-state index in [0.717, 1.165) is 23.1 Å². The Morgan fingerprint density at radius 1 is 1.09 bits per heavy atom. The van der Waals surface area contributed by atoms with Crippen molar-refractivity contribution in [2.24, 2.45) is 7.05 Å². The Kier molecular flexibility index (Phi) is 2.96. The van der Waals surface area contributed by atoms with E-state index in [1.807, 2.05) is 36.3 Å². The predicted octanol–water partition coefficient (Wildman–Crippen LogP) is 2.74. The first-order valence-electron chi connectivity index (χ1n) is 7.16. The van der Waals surface area contributed by atoms with E-state index in [2.05, 4.69) is 45.6 Å². The summed E-state index contributed by atoms with van der Waals surface area (Å²) in [5, 5.41) is 8.18. The summed E-state index contributed by atoms with van der Waals surface area (Å²) in [5.74, 6) is 0. The third-order valence-corrected chi connectivity index (χ3v) is 3.84. The van der Waals surface area contributed by atoms with Crippen LogP contribution in [0.1, 0.15) is 11.1 Å². The van der Waals surface area contributed by atoms with Crippen LogP contribution in [-0.4, -0.2) is 24.5 Å². The van der Waals surface area contributed by atoms with Crippen molar-refractivity contribution in [3.63, 3.8) is 0 Å². The van der Waals surface area contributed by atoms with Gasteiger partial charge in [-0.3, -0.25) is 0 Å². The zero-order chi connectivity index (χ0) is 14.9. The van der Waals surface area contributed by atoms with Crippen molar-refractivity contribution in [2.45, 2.75) is 6.42 Å². The lowest BCUT2D eigenvalue weighted by Gasteiger charge is -2.10. The molecule has 0 bridgehead atoms. The largest absolute Gasteiger partial charge is 0.306 e. The first-order chi connectivity index (χ1) is 10.8.